The molecule has 3 rings (SSSR count). The summed E-state index contributed by atoms with van der Waals surface area (Å²) >= 11 is 0. The van der Waals surface area contributed by atoms with Gasteiger partial charge < -0.3 is 14.4 Å². The molecule has 0 unspecified atom stereocenters. The predicted molar refractivity (Wildman–Crippen MR) is 96.2 cm³/mol. The average molecular weight is 336 g/mol. The lowest BCUT2D eigenvalue weighted by molar-refractivity contribution is 0.0684. The SMILES string of the molecule is COc1cc(C)ccc1-c1ncc(C(=O)O)n1[C@H](C)c1ccccc1. The van der Waals surface area contributed by atoms with E-state index in [1.165, 1.54) is 6.20 Å². The molecular formula is C20H20N2O3. The molecule has 0 aliphatic rings. The summed E-state index contributed by atoms with van der Waals surface area (Å²) in [5.41, 5.74) is 2.99. The highest BCUT2D eigenvalue weighted by molar-refractivity contribution is 5.87. The van der Waals surface area contributed by atoms with Gasteiger partial charge in [-0.15, -0.1) is 0 Å². The third-order valence-corrected chi connectivity index (χ3v) is 4.28. The summed E-state index contributed by atoms with van der Waals surface area (Å²) in [6, 6.07) is 15.4. The fourth-order valence-electron chi connectivity index (χ4n) is 2.97. The van der Waals surface area contributed by atoms with E-state index in [9.17, 15) is 9.90 Å². The Balaban J connectivity index is 2.21. The van der Waals surface area contributed by atoms with Crippen LogP contribution in [0.3, 0.4) is 0 Å². The van der Waals surface area contributed by atoms with Crippen molar-refractivity contribution in [1.82, 2.24) is 9.55 Å². The number of hydrogen-bond donors (Lipinski definition) is 1. The first-order valence-electron chi connectivity index (χ1n) is 8.03. The maximum Gasteiger partial charge on any atom is 0.354 e. The number of aryl methyl sites for hydroxylation is 1. The van der Waals surface area contributed by atoms with Gasteiger partial charge in [-0.1, -0.05) is 36.4 Å². The van der Waals surface area contributed by atoms with Crippen LogP contribution in [-0.4, -0.2) is 27.7 Å². The van der Waals surface area contributed by atoms with Crippen LogP contribution in [0.1, 0.15) is 34.6 Å². The van der Waals surface area contributed by atoms with E-state index < -0.39 is 5.97 Å². The molecule has 0 aliphatic carbocycles. The van der Waals surface area contributed by atoms with Crippen LogP contribution in [0, 0.1) is 6.92 Å². The standard InChI is InChI=1S/C20H20N2O3/c1-13-9-10-16(18(11-13)25-3)19-21-12-17(20(23)24)22(19)14(2)15-7-5-4-6-8-15/h4-12,14H,1-3H3,(H,23,24)/t14-/m1/s1. The minimum Gasteiger partial charge on any atom is -0.496 e. The van der Waals surface area contributed by atoms with Gasteiger partial charge in [-0.3, -0.25) is 0 Å². The van der Waals surface area contributed by atoms with E-state index >= 15 is 0 Å². The van der Waals surface area contributed by atoms with Crippen molar-refractivity contribution in [3.05, 3.63) is 71.5 Å². The molecule has 0 radical (unpaired) electrons. The number of carbonyl (C=O) groups is 1. The maximum atomic E-state index is 11.7. The van der Waals surface area contributed by atoms with Gasteiger partial charge >= 0.3 is 5.97 Å². The second-order valence-electron chi connectivity index (χ2n) is 5.93. The molecule has 0 spiro atoms. The van der Waals surface area contributed by atoms with E-state index in [0.717, 1.165) is 16.7 Å². The van der Waals surface area contributed by atoms with E-state index in [4.69, 9.17) is 4.74 Å². The molecule has 128 valence electrons. The molecule has 5 heteroatoms. The van der Waals surface area contributed by atoms with Gasteiger partial charge in [0.1, 0.15) is 17.3 Å². The molecule has 0 aliphatic heterocycles. The number of aromatic nitrogens is 2. The zero-order valence-electron chi connectivity index (χ0n) is 14.4. The summed E-state index contributed by atoms with van der Waals surface area (Å²) in [4.78, 5) is 16.1. The number of aromatic carboxylic acids is 1. The van der Waals surface area contributed by atoms with E-state index in [0.29, 0.717) is 11.6 Å². The molecule has 0 saturated heterocycles. The Morgan fingerprint density at radius 1 is 1.20 bits per heavy atom. The maximum absolute atomic E-state index is 11.7. The Morgan fingerprint density at radius 3 is 2.56 bits per heavy atom. The third kappa shape index (κ3) is 3.13. The van der Waals surface area contributed by atoms with Gasteiger partial charge in [0.2, 0.25) is 0 Å². The molecule has 5 nitrogen and oxygen atoms in total. The normalized spacial score (nSPS) is 12.0. The largest absolute Gasteiger partial charge is 0.496 e. The number of carboxylic acid groups (broad SMARTS) is 1. The zero-order valence-corrected chi connectivity index (χ0v) is 14.4. The smallest absolute Gasteiger partial charge is 0.354 e. The lowest BCUT2D eigenvalue weighted by atomic mass is 10.1. The Kier molecular flexibility index (Phi) is 4.57. The number of benzene rings is 2. The van der Waals surface area contributed by atoms with Gasteiger partial charge in [-0.25, -0.2) is 9.78 Å². The van der Waals surface area contributed by atoms with E-state index in [1.54, 1.807) is 11.7 Å². The van der Waals surface area contributed by atoms with Crippen molar-refractivity contribution in [2.24, 2.45) is 0 Å². The molecular weight excluding hydrogens is 316 g/mol. The van der Waals surface area contributed by atoms with Crippen LogP contribution in [-0.2, 0) is 0 Å². The summed E-state index contributed by atoms with van der Waals surface area (Å²) < 4.78 is 7.23. The Bertz CT molecular complexity index is 901. The molecule has 1 heterocycles. The Morgan fingerprint density at radius 2 is 1.92 bits per heavy atom. The number of imidazole rings is 1. The highest BCUT2D eigenvalue weighted by Gasteiger charge is 2.23. The van der Waals surface area contributed by atoms with Crippen molar-refractivity contribution < 1.29 is 14.6 Å². The number of hydrogen-bond acceptors (Lipinski definition) is 3. The molecule has 25 heavy (non-hydrogen) atoms. The van der Waals surface area contributed by atoms with E-state index in [1.807, 2.05) is 62.4 Å². The Labute approximate surface area is 146 Å². The first-order valence-corrected chi connectivity index (χ1v) is 8.03. The fourth-order valence-corrected chi connectivity index (χ4v) is 2.97. The number of methoxy groups -OCH3 is 1. The minimum atomic E-state index is -1.01. The molecule has 0 amide bonds. The molecule has 1 atom stereocenters. The van der Waals surface area contributed by atoms with Gasteiger partial charge in [0.05, 0.1) is 24.9 Å². The summed E-state index contributed by atoms with van der Waals surface area (Å²) in [5, 5.41) is 9.60. The van der Waals surface area contributed by atoms with Gasteiger partial charge in [-0.2, -0.15) is 0 Å². The van der Waals surface area contributed by atoms with Crippen LogP contribution in [0.2, 0.25) is 0 Å². The van der Waals surface area contributed by atoms with Gasteiger partial charge in [0.15, 0.2) is 0 Å². The average Bonchev–Trinajstić information content (AvgIpc) is 3.06. The molecule has 0 bridgehead atoms. The number of carboxylic acids is 1. The van der Waals surface area contributed by atoms with Crippen LogP contribution >= 0.6 is 0 Å². The lowest BCUT2D eigenvalue weighted by Crippen LogP contribution is -2.15. The zero-order chi connectivity index (χ0) is 18.0. The van der Waals surface area contributed by atoms with Crippen molar-refractivity contribution in [2.45, 2.75) is 19.9 Å². The van der Waals surface area contributed by atoms with Crippen LogP contribution in [0.5, 0.6) is 5.75 Å². The summed E-state index contributed by atoms with van der Waals surface area (Å²) in [5.74, 6) is 0.238. The number of ether oxygens (including phenoxy) is 1. The number of rotatable bonds is 5. The first kappa shape index (κ1) is 16.8. The second-order valence-corrected chi connectivity index (χ2v) is 5.93. The molecule has 0 saturated carbocycles. The van der Waals surface area contributed by atoms with E-state index in [2.05, 4.69) is 4.98 Å². The topological polar surface area (TPSA) is 64.3 Å². The van der Waals surface area contributed by atoms with Gasteiger partial charge in [0, 0.05) is 0 Å². The first-order chi connectivity index (χ1) is 12.0. The minimum absolute atomic E-state index is 0.147. The molecule has 0 fully saturated rings. The summed E-state index contributed by atoms with van der Waals surface area (Å²) in [7, 11) is 1.60. The van der Waals surface area contributed by atoms with Crippen LogP contribution in [0.25, 0.3) is 11.4 Å². The third-order valence-electron chi connectivity index (χ3n) is 4.28. The van der Waals surface area contributed by atoms with Gasteiger partial charge in [0.25, 0.3) is 0 Å². The quantitative estimate of drug-likeness (QED) is 0.759. The second kappa shape index (κ2) is 6.81. The van der Waals surface area contributed by atoms with Gasteiger partial charge in [-0.05, 0) is 37.1 Å². The van der Waals surface area contributed by atoms with E-state index in [-0.39, 0.29) is 11.7 Å². The Hall–Kier alpha value is -3.08. The lowest BCUT2D eigenvalue weighted by Gasteiger charge is -2.20. The molecule has 1 aromatic heterocycles. The van der Waals surface area contributed by atoms with Crippen molar-refractivity contribution in [2.75, 3.05) is 7.11 Å². The predicted octanol–water partition coefficient (Wildman–Crippen LogP) is 4.17. The van der Waals surface area contributed by atoms with Crippen LogP contribution < -0.4 is 4.74 Å². The fraction of sp³-hybridized carbons (Fsp3) is 0.200. The van der Waals surface area contributed by atoms with Crippen molar-refractivity contribution >= 4 is 5.97 Å². The molecule has 1 N–H and O–H groups in total. The van der Waals surface area contributed by atoms with Crippen molar-refractivity contribution in [3.8, 4) is 17.1 Å². The summed E-state index contributed by atoms with van der Waals surface area (Å²) in [6.45, 7) is 3.95. The summed E-state index contributed by atoms with van der Waals surface area (Å²) in [6.07, 6.45) is 1.40. The monoisotopic (exact) mass is 336 g/mol. The van der Waals surface area contributed by atoms with Crippen molar-refractivity contribution in [1.29, 1.82) is 0 Å². The van der Waals surface area contributed by atoms with Crippen molar-refractivity contribution in [3.63, 3.8) is 0 Å². The molecule has 3 aromatic rings. The highest BCUT2D eigenvalue weighted by Crippen LogP contribution is 2.34. The number of nitrogens with zero attached hydrogens (tertiary/aromatic N) is 2. The highest BCUT2D eigenvalue weighted by atomic mass is 16.5. The van der Waals surface area contributed by atoms with Crippen LogP contribution in [0.4, 0.5) is 0 Å². The van der Waals surface area contributed by atoms with Crippen LogP contribution in [0.15, 0.2) is 54.7 Å². The molecule has 2 aromatic carbocycles.